The van der Waals surface area contributed by atoms with Crippen LogP contribution in [0, 0.1) is 5.41 Å². The van der Waals surface area contributed by atoms with Crippen molar-refractivity contribution in [1.29, 1.82) is 0 Å². The van der Waals surface area contributed by atoms with Gasteiger partial charge in [0.25, 0.3) is 0 Å². The molecule has 0 saturated heterocycles. The first-order chi connectivity index (χ1) is 7.47. The van der Waals surface area contributed by atoms with E-state index in [0.717, 1.165) is 0 Å². The lowest BCUT2D eigenvalue weighted by Gasteiger charge is -2.16. The highest BCUT2D eigenvalue weighted by molar-refractivity contribution is 5.78. The van der Waals surface area contributed by atoms with E-state index < -0.39 is 5.41 Å². The highest BCUT2D eigenvalue weighted by atomic mass is 16.7. The van der Waals surface area contributed by atoms with Crippen molar-refractivity contribution in [1.82, 2.24) is 0 Å². The lowest BCUT2D eigenvalue weighted by Crippen LogP contribution is -2.25. The Kier molecular flexibility index (Phi) is 2.50. The van der Waals surface area contributed by atoms with Crippen molar-refractivity contribution in [3.05, 3.63) is 18.2 Å². The van der Waals surface area contributed by atoms with Gasteiger partial charge in [-0.15, -0.1) is 0 Å². The van der Waals surface area contributed by atoms with Crippen LogP contribution in [0.4, 0.5) is 0 Å². The number of esters is 1. The highest BCUT2D eigenvalue weighted by Gasteiger charge is 2.24. The molecule has 0 fully saturated rings. The van der Waals surface area contributed by atoms with Crippen LogP contribution in [0.2, 0.25) is 0 Å². The van der Waals surface area contributed by atoms with Gasteiger partial charge < -0.3 is 14.2 Å². The second kappa shape index (κ2) is 3.70. The summed E-state index contributed by atoms with van der Waals surface area (Å²) in [5.74, 6) is 1.49. The van der Waals surface area contributed by atoms with Crippen LogP contribution in [0.3, 0.4) is 0 Å². The molecular weight excluding hydrogens is 208 g/mol. The predicted molar refractivity (Wildman–Crippen MR) is 57.7 cm³/mol. The Labute approximate surface area is 94.1 Å². The molecular formula is C12H14O4. The number of hydrogen-bond acceptors (Lipinski definition) is 4. The van der Waals surface area contributed by atoms with Gasteiger partial charge in [-0.25, -0.2) is 0 Å². The van der Waals surface area contributed by atoms with Gasteiger partial charge in [-0.1, -0.05) is 0 Å². The van der Waals surface area contributed by atoms with E-state index in [1.165, 1.54) is 0 Å². The minimum absolute atomic E-state index is 0.214. The van der Waals surface area contributed by atoms with Crippen LogP contribution in [0.1, 0.15) is 20.8 Å². The number of fused-ring (bicyclic) bond motifs is 1. The maximum atomic E-state index is 11.6. The molecule has 0 radical (unpaired) electrons. The molecule has 1 aliphatic rings. The number of carbonyl (C=O) groups is 1. The van der Waals surface area contributed by atoms with Crippen molar-refractivity contribution in [2.75, 3.05) is 6.79 Å². The first kappa shape index (κ1) is 10.8. The first-order valence-corrected chi connectivity index (χ1v) is 5.09. The Balaban J connectivity index is 2.14. The third-order valence-electron chi connectivity index (χ3n) is 2.17. The summed E-state index contributed by atoms with van der Waals surface area (Å²) in [5, 5.41) is 0. The van der Waals surface area contributed by atoms with Crippen LogP contribution in [-0.2, 0) is 4.79 Å². The zero-order valence-electron chi connectivity index (χ0n) is 9.57. The zero-order chi connectivity index (χ0) is 11.8. The molecule has 0 spiro atoms. The second-order valence-corrected chi connectivity index (χ2v) is 4.65. The molecule has 1 aromatic rings. The van der Waals surface area contributed by atoms with E-state index in [2.05, 4.69) is 0 Å². The van der Waals surface area contributed by atoms with Crippen LogP contribution < -0.4 is 14.2 Å². The lowest BCUT2D eigenvalue weighted by molar-refractivity contribution is -0.142. The molecule has 0 amide bonds. The van der Waals surface area contributed by atoms with Gasteiger partial charge in [-0.3, -0.25) is 4.79 Å². The average Bonchev–Trinajstić information content (AvgIpc) is 2.63. The van der Waals surface area contributed by atoms with Gasteiger partial charge >= 0.3 is 5.97 Å². The maximum Gasteiger partial charge on any atom is 0.316 e. The second-order valence-electron chi connectivity index (χ2n) is 4.65. The Morgan fingerprint density at radius 2 is 1.94 bits per heavy atom. The molecule has 86 valence electrons. The van der Waals surface area contributed by atoms with Gasteiger partial charge in [0.15, 0.2) is 11.5 Å². The van der Waals surface area contributed by atoms with Crippen molar-refractivity contribution in [3.63, 3.8) is 0 Å². The van der Waals surface area contributed by atoms with Crippen molar-refractivity contribution in [2.45, 2.75) is 20.8 Å². The van der Waals surface area contributed by atoms with Gasteiger partial charge in [0.1, 0.15) is 5.75 Å². The summed E-state index contributed by atoms with van der Waals surface area (Å²) in [6.45, 7) is 5.64. The number of hydrogen-bond donors (Lipinski definition) is 0. The normalized spacial score (nSPS) is 13.7. The summed E-state index contributed by atoms with van der Waals surface area (Å²) in [7, 11) is 0. The summed E-state index contributed by atoms with van der Waals surface area (Å²) in [6, 6.07) is 5.08. The van der Waals surface area contributed by atoms with Crippen LogP contribution in [-0.4, -0.2) is 12.8 Å². The molecule has 0 aliphatic carbocycles. The Morgan fingerprint density at radius 3 is 2.62 bits per heavy atom. The SMILES string of the molecule is CC(C)(C)C(=O)Oc1ccc2c(c1)OCO2. The van der Waals surface area contributed by atoms with E-state index in [9.17, 15) is 4.79 Å². The third kappa shape index (κ3) is 2.10. The van der Waals surface area contributed by atoms with Crippen LogP contribution in [0.25, 0.3) is 0 Å². The monoisotopic (exact) mass is 222 g/mol. The first-order valence-electron chi connectivity index (χ1n) is 5.09. The average molecular weight is 222 g/mol. The number of carbonyl (C=O) groups excluding carboxylic acids is 1. The van der Waals surface area contributed by atoms with Crippen LogP contribution in [0.5, 0.6) is 17.2 Å². The van der Waals surface area contributed by atoms with Crippen molar-refractivity contribution in [2.24, 2.45) is 5.41 Å². The Bertz CT molecular complexity index is 418. The van der Waals surface area contributed by atoms with Gasteiger partial charge in [0.05, 0.1) is 5.41 Å². The Morgan fingerprint density at radius 1 is 1.25 bits per heavy atom. The fraction of sp³-hybridized carbons (Fsp3) is 0.417. The number of rotatable bonds is 1. The molecule has 1 heterocycles. The molecule has 1 aliphatic heterocycles. The van der Waals surface area contributed by atoms with Crippen molar-refractivity contribution in [3.8, 4) is 17.2 Å². The molecule has 1 aromatic carbocycles. The molecule has 0 unspecified atom stereocenters. The van der Waals surface area contributed by atoms with Crippen molar-refractivity contribution >= 4 is 5.97 Å². The molecule has 2 rings (SSSR count). The standard InChI is InChI=1S/C12H14O4/c1-12(2,3)11(13)16-8-4-5-9-10(6-8)15-7-14-9/h4-6H,7H2,1-3H3. The summed E-state index contributed by atoms with van der Waals surface area (Å²) in [5.41, 5.74) is -0.517. The van der Waals surface area contributed by atoms with Crippen molar-refractivity contribution < 1.29 is 19.0 Å². The Hall–Kier alpha value is -1.71. The van der Waals surface area contributed by atoms with Crippen LogP contribution >= 0.6 is 0 Å². The molecule has 0 atom stereocenters. The van der Waals surface area contributed by atoms with E-state index in [1.54, 1.807) is 18.2 Å². The van der Waals surface area contributed by atoms with E-state index in [0.29, 0.717) is 17.2 Å². The third-order valence-corrected chi connectivity index (χ3v) is 2.17. The quantitative estimate of drug-likeness (QED) is 0.540. The molecule has 0 saturated carbocycles. The minimum Gasteiger partial charge on any atom is -0.454 e. The zero-order valence-corrected chi connectivity index (χ0v) is 9.57. The summed E-state index contributed by atoms with van der Waals surface area (Å²) in [6.07, 6.45) is 0. The summed E-state index contributed by atoms with van der Waals surface area (Å²) >= 11 is 0. The lowest BCUT2D eigenvalue weighted by atomic mass is 9.97. The van der Waals surface area contributed by atoms with Gasteiger partial charge in [0, 0.05) is 6.07 Å². The molecule has 4 heteroatoms. The fourth-order valence-corrected chi connectivity index (χ4v) is 1.20. The maximum absolute atomic E-state index is 11.6. The molecule has 0 N–H and O–H groups in total. The van der Waals surface area contributed by atoms with Gasteiger partial charge in [-0.2, -0.15) is 0 Å². The molecule has 0 aromatic heterocycles. The largest absolute Gasteiger partial charge is 0.454 e. The molecule has 16 heavy (non-hydrogen) atoms. The fourth-order valence-electron chi connectivity index (χ4n) is 1.20. The van der Waals surface area contributed by atoms with Gasteiger partial charge in [0.2, 0.25) is 6.79 Å². The topological polar surface area (TPSA) is 44.8 Å². The van der Waals surface area contributed by atoms with Gasteiger partial charge in [-0.05, 0) is 32.9 Å². The number of benzene rings is 1. The van der Waals surface area contributed by atoms with E-state index >= 15 is 0 Å². The molecule has 0 bridgehead atoms. The minimum atomic E-state index is -0.517. The predicted octanol–water partition coefficient (Wildman–Crippen LogP) is 2.37. The van der Waals surface area contributed by atoms with Crippen LogP contribution in [0.15, 0.2) is 18.2 Å². The summed E-state index contributed by atoms with van der Waals surface area (Å²) < 4.78 is 15.6. The van der Waals surface area contributed by atoms with E-state index in [4.69, 9.17) is 14.2 Å². The van der Waals surface area contributed by atoms with E-state index in [1.807, 2.05) is 20.8 Å². The highest BCUT2D eigenvalue weighted by Crippen LogP contribution is 2.35. The van der Waals surface area contributed by atoms with E-state index in [-0.39, 0.29) is 12.8 Å². The number of ether oxygens (including phenoxy) is 3. The molecule has 4 nitrogen and oxygen atoms in total. The smallest absolute Gasteiger partial charge is 0.316 e. The summed E-state index contributed by atoms with van der Waals surface area (Å²) in [4.78, 5) is 11.6.